The third-order valence-electron chi connectivity index (χ3n) is 4.95. The van der Waals surface area contributed by atoms with Crippen LogP contribution in [0.25, 0.3) is 0 Å². The van der Waals surface area contributed by atoms with Gasteiger partial charge in [-0.1, -0.05) is 18.2 Å². The number of aromatic nitrogens is 3. The number of hydrogen-bond donors (Lipinski definition) is 2. The summed E-state index contributed by atoms with van der Waals surface area (Å²) in [6.07, 6.45) is 2.71. The van der Waals surface area contributed by atoms with E-state index >= 15 is 0 Å². The van der Waals surface area contributed by atoms with E-state index < -0.39 is 29.9 Å². The van der Waals surface area contributed by atoms with E-state index in [9.17, 15) is 18.7 Å². The van der Waals surface area contributed by atoms with Gasteiger partial charge in [0.15, 0.2) is 0 Å². The third kappa shape index (κ3) is 7.34. The maximum atomic E-state index is 13.7. The molecule has 0 amide bonds. The van der Waals surface area contributed by atoms with Crippen molar-refractivity contribution < 1.29 is 43.7 Å². The molecular weight excluding hydrogens is 449 g/mol. The molecule has 0 aliphatic rings. The summed E-state index contributed by atoms with van der Waals surface area (Å²) in [6, 6.07) is 17.3. The maximum Gasteiger partial charge on any atom is 1.00 e. The number of benzene rings is 2. The monoisotopic (exact) mass is 470 g/mol. The van der Waals surface area contributed by atoms with E-state index in [4.69, 9.17) is 4.74 Å². The maximum absolute atomic E-state index is 13.7. The Hall–Kier alpha value is -3.80. The van der Waals surface area contributed by atoms with Gasteiger partial charge in [-0.2, -0.15) is 4.98 Å². The van der Waals surface area contributed by atoms with Crippen LogP contribution in [0.1, 0.15) is 30.6 Å². The summed E-state index contributed by atoms with van der Waals surface area (Å²) in [5, 5.41) is 12.5. The van der Waals surface area contributed by atoms with E-state index in [-0.39, 0.29) is 37.6 Å². The first-order valence-electron chi connectivity index (χ1n) is 10.4. The number of carboxylic acids is 1. The number of hydrogen-bond acceptors (Lipinski definition) is 6. The Morgan fingerprint density at radius 3 is 2.40 bits per heavy atom. The van der Waals surface area contributed by atoms with Crippen molar-refractivity contribution in [3.05, 3.63) is 108 Å². The van der Waals surface area contributed by atoms with Crippen LogP contribution in [0.2, 0.25) is 0 Å². The molecule has 2 aromatic carbocycles. The minimum atomic E-state index is -1.13. The summed E-state index contributed by atoms with van der Waals surface area (Å²) < 4.78 is 33.2. The van der Waals surface area contributed by atoms with Crippen molar-refractivity contribution >= 4 is 11.8 Å². The Bertz CT molecular complexity index is 1260. The normalized spacial score (nSPS) is 11.3. The molecule has 7 nitrogen and oxygen atoms in total. The second kappa shape index (κ2) is 12.1. The number of ether oxygens (including phenoxy) is 1. The van der Waals surface area contributed by atoms with E-state index in [0.717, 1.165) is 29.6 Å². The number of nitrogens with zero attached hydrogens (tertiary/aromatic N) is 3. The van der Waals surface area contributed by atoms with Crippen molar-refractivity contribution in [3.63, 3.8) is 0 Å². The zero-order chi connectivity index (χ0) is 23.9. The summed E-state index contributed by atoms with van der Waals surface area (Å²) in [5.41, 5.74) is 1.44. The molecule has 1 atom stereocenters. The van der Waals surface area contributed by atoms with E-state index in [1.165, 1.54) is 12.3 Å². The van der Waals surface area contributed by atoms with Gasteiger partial charge in [0.1, 0.15) is 23.2 Å². The number of halogens is 2. The van der Waals surface area contributed by atoms with Gasteiger partial charge in [0, 0.05) is 30.9 Å². The summed E-state index contributed by atoms with van der Waals surface area (Å²) in [7, 11) is 0. The number of pyridine rings is 1. The first kappa shape index (κ1) is 25.8. The van der Waals surface area contributed by atoms with Gasteiger partial charge in [0.25, 0.3) is 0 Å². The van der Waals surface area contributed by atoms with Gasteiger partial charge in [0.05, 0.1) is 12.1 Å². The minimum Gasteiger partial charge on any atom is -1.00 e. The van der Waals surface area contributed by atoms with Crippen LogP contribution < -0.4 is 28.9 Å². The van der Waals surface area contributed by atoms with E-state index in [1.807, 2.05) is 30.3 Å². The SMILES string of the molecule is O=C(O)CC(c1cc(F)cc(F)c1)c1ccnc(Oc2ccc(CNc3ccccn3)cc2)n1.[H-].[Li+]. The van der Waals surface area contributed by atoms with Gasteiger partial charge >= 0.3 is 30.8 Å². The molecule has 0 radical (unpaired) electrons. The van der Waals surface area contributed by atoms with Gasteiger partial charge in [-0.25, -0.2) is 18.7 Å². The van der Waals surface area contributed by atoms with E-state index in [0.29, 0.717) is 12.3 Å². The molecule has 4 aromatic rings. The summed E-state index contributed by atoms with van der Waals surface area (Å²) in [6.45, 7) is 0.574. The summed E-state index contributed by atoms with van der Waals surface area (Å²) in [5.74, 6) is -2.37. The van der Waals surface area contributed by atoms with E-state index in [1.54, 1.807) is 18.3 Å². The van der Waals surface area contributed by atoms with Gasteiger partial charge in [-0.15, -0.1) is 0 Å². The molecule has 0 saturated carbocycles. The second-order valence-corrected chi connectivity index (χ2v) is 7.43. The van der Waals surface area contributed by atoms with E-state index in [2.05, 4.69) is 20.3 Å². The van der Waals surface area contributed by atoms with Crippen LogP contribution >= 0.6 is 0 Å². The quantitative estimate of drug-likeness (QED) is 0.362. The topological polar surface area (TPSA) is 97.2 Å². The second-order valence-electron chi connectivity index (χ2n) is 7.43. The number of anilines is 1. The fourth-order valence-corrected chi connectivity index (χ4v) is 3.38. The van der Waals surface area contributed by atoms with Crippen molar-refractivity contribution in [2.45, 2.75) is 18.9 Å². The van der Waals surface area contributed by atoms with Crippen LogP contribution in [0.3, 0.4) is 0 Å². The average molecular weight is 470 g/mol. The third-order valence-corrected chi connectivity index (χ3v) is 4.95. The van der Waals surface area contributed by atoms with Crippen LogP contribution in [0.5, 0.6) is 11.8 Å². The molecular formula is C25H21F2LiN4O3. The van der Waals surface area contributed by atoms with Crippen molar-refractivity contribution in [2.24, 2.45) is 0 Å². The Balaban J connectivity index is 0.00000228. The molecule has 35 heavy (non-hydrogen) atoms. The van der Waals surface area contributed by atoms with Crippen LogP contribution in [-0.4, -0.2) is 26.0 Å². The Labute approximate surface area is 213 Å². The van der Waals surface area contributed by atoms with Crippen LogP contribution in [0.4, 0.5) is 14.6 Å². The predicted molar refractivity (Wildman–Crippen MR) is 122 cm³/mol. The van der Waals surface area contributed by atoms with Crippen LogP contribution in [-0.2, 0) is 11.3 Å². The fourth-order valence-electron chi connectivity index (χ4n) is 3.38. The smallest absolute Gasteiger partial charge is 1.00 e. The number of aliphatic carboxylic acids is 1. The molecule has 0 saturated heterocycles. The van der Waals surface area contributed by atoms with Crippen LogP contribution in [0, 0.1) is 11.6 Å². The molecule has 2 heterocycles. The van der Waals surface area contributed by atoms with Crippen molar-refractivity contribution in [2.75, 3.05) is 5.32 Å². The number of nitrogens with one attached hydrogen (secondary N) is 1. The van der Waals surface area contributed by atoms with Gasteiger partial charge in [0.2, 0.25) is 0 Å². The zero-order valence-corrected chi connectivity index (χ0v) is 18.9. The van der Waals surface area contributed by atoms with Crippen LogP contribution in [0.15, 0.2) is 79.1 Å². The first-order chi connectivity index (χ1) is 16.5. The van der Waals surface area contributed by atoms with Crippen molar-refractivity contribution in [1.82, 2.24) is 15.0 Å². The summed E-state index contributed by atoms with van der Waals surface area (Å²) >= 11 is 0. The van der Waals surface area contributed by atoms with Crippen molar-refractivity contribution in [3.8, 4) is 11.8 Å². The Kier molecular flexibility index (Phi) is 8.90. The predicted octanol–water partition coefficient (Wildman–Crippen LogP) is 2.28. The molecule has 4 rings (SSSR count). The summed E-state index contributed by atoms with van der Waals surface area (Å²) in [4.78, 5) is 24.0. The Morgan fingerprint density at radius 2 is 1.74 bits per heavy atom. The molecule has 0 bridgehead atoms. The first-order valence-corrected chi connectivity index (χ1v) is 10.4. The zero-order valence-electron chi connectivity index (χ0n) is 19.9. The fraction of sp³-hybridized carbons (Fsp3) is 0.120. The minimum absolute atomic E-state index is 0. The molecule has 1 unspecified atom stereocenters. The molecule has 2 N–H and O–H groups in total. The molecule has 0 aliphatic heterocycles. The average Bonchev–Trinajstić information content (AvgIpc) is 2.82. The van der Waals surface area contributed by atoms with Gasteiger partial charge < -0.3 is 16.6 Å². The number of rotatable bonds is 9. The Morgan fingerprint density at radius 1 is 1.00 bits per heavy atom. The number of carboxylic acid groups (broad SMARTS) is 1. The molecule has 174 valence electrons. The molecule has 2 aromatic heterocycles. The van der Waals surface area contributed by atoms with Gasteiger partial charge in [-0.3, -0.25) is 4.79 Å². The standard InChI is InChI=1S/C25H20F2N4O3.Li.H/c26-18-11-17(12-19(27)13-18)21(14-24(32)33)22-8-10-29-25(31-22)34-20-6-4-16(5-7-20)15-30-23-3-1-2-9-28-23;;/h1-13,21H,14-15H2,(H,28,30)(H,32,33);;/q;+1;-1. The molecule has 0 aliphatic carbocycles. The number of carbonyl (C=O) groups is 1. The molecule has 0 spiro atoms. The van der Waals surface area contributed by atoms with Gasteiger partial charge in [-0.05, 0) is 53.6 Å². The molecule has 10 heteroatoms. The van der Waals surface area contributed by atoms with Crippen molar-refractivity contribution in [1.29, 1.82) is 0 Å². The largest absolute Gasteiger partial charge is 1.00 e. The molecule has 0 fully saturated rings.